The quantitative estimate of drug-likeness (QED) is 0.517. The van der Waals surface area contributed by atoms with E-state index in [-0.39, 0.29) is 11.7 Å². The number of anilines is 1. The van der Waals surface area contributed by atoms with E-state index in [9.17, 15) is 4.79 Å². The molecule has 1 amide bonds. The van der Waals surface area contributed by atoms with Gasteiger partial charge in [0.1, 0.15) is 24.2 Å². The summed E-state index contributed by atoms with van der Waals surface area (Å²) in [6.07, 6.45) is 6.50. The summed E-state index contributed by atoms with van der Waals surface area (Å²) >= 11 is 3.17. The van der Waals surface area contributed by atoms with E-state index in [1.165, 1.54) is 6.33 Å². The Balaban J connectivity index is 1.44. The highest BCUT2D eigenvalue weighted by Gasteiger charge is 2.11. The average molecular weight is 426 g/mol. The summed E-state index contributed by atoms with van der Waals surface area (Å²) in [6, 6.07) is 11.9. The van der Waals surface area contributed by atoms with Gasteiger partial charge in [-0.2, -0.15) is 0 Å². The van der Waals surface area contributed by atoms with Crippen LogP contribution >= 0.6 is 15.9 Å². The number of aromatic nitrogens is 4. The monoisotopic (exact) mass is 425 g/mol. The van der Waals surface area contributed by atoms with Crippen LogP contribution in [0.15, 0.2) is 76.6 Å². The number of hydrogen-bond donors (Lipinski definition) is 1. The van der Waals surface area contributed by atoms with Crippen LogP contribution in [0.25, 0.3) is 5.82 Å². The van der Waals surface area contributed by atoms with E-state index in [1.54, 1.807) is 65.8 Å². The maximum atomic E-state index is 12.1. The molecule has 0 aliphatic carbocycles. The molecule has 0 saturated heterocycles. The van der Waals surface area contributed by atoms with Gasteiger partial charge in [0.2, 0.25) is 5.88 Å². The zero-order valence-corrected chi connectivity index (χ0v) is 15.3. The topological polar surface area (TPSA) is 95.1 Å². The predicted molar refractivity (Wildman–Crippen MR) is 100 cm³/mol. The molecule has 1 aromatic carbocycles. The number of amides is 1. The maximum absolute atomic E-state index is 12.1. The van der Waals surface area contributed by atoms with Crippen molar-refractivity contribution in [1.29, 1.82) is 0 Å². The largest absolute Gasteiger partial charge is 0.444 e. The normalized spacial score (nSPS) is 10.6. The second-order valence-corrected chi connectivity index (χ2v) is 6.15. The SMILES string of the molecule is O=C(Nc1ccc(Oc2cc(-n3ccnc3)ncn2)cc1)c1ccc(Br)o1. The fraction of sp³-hybridized carbons (Fsp3) is 0. The first-order valence-electron chi connectivity index (χ1n) is 7.82. The van der Waals surface area contributed by atoms with Crippen LogP contribution < -0.4 is 10.1 Å². The Morgan fingerprint density at radius 3 is 2.70 bits per heavy atom. The maximum Gasteiger partial charge on any atom is 0.291 e. The first kappa shape index (κ1) is 17.0. The third kappa shape index (κ3) is 4.04. The highest BCUT2D eigenvalue weighted by Crippen LogP contribution is 2.23. The van der Waals surface area contributed by atoms with Gasteiger partial charge in [-0.15, -0.1) is 0 Å². The number of rotatable bonds is 5. The molecule has 4 rings (SSSR count). The van der Waals surface area contributed by atoms with Crippen LogP contribution in [0.1, 0.15) is 10.6 Å². The van der Waals surface area contributed by atoms with Crippen LogP contribution in [-0.2, 0) is 0 Å². The summed E-state index contributed by atoms with van der Waals surface area (Å²) in [5, 5.41) is 2.75. The van der Waals surface area contributed by atoms with Crippen molar-refractivity contribution >= 4 is 27.5 Å². The smallest absolute Gasteiger partial charge is 0.291 e. The molecule has 0 bridgehead atoms. The molecule has 0 aliphatic heterocycles. The molecule has 134 valence electrons. The summed E-state index contributed by atoms with van der Waals surface area (Å²) in [6.45, 7) is 0. The van der Waals surface area contributed by atoms with E-state index in [0.29, 0.717) is 27.8 Å². The lowest BCUT2D eigenvalue weighted by Gasteiger charge is -2.08. The average Bonchev–Trinajstić information content (AvgIpc) is 3.35. The molecule has 1 N–H and O–H groups in total. The minimum Gasteiger partial charge on any atom is -0.444 e. The molecule has 9 heteroatoms. The molecule has 0 radical (unpaired) electrons. The van der Waals surface area contributed by atoms with Gasteiger partial charge < -0.3 is 14.5 Å². The van der Waals surface area contributed by atoms with Crippen molar-refractivity contribution in [3.63, 3.8) is 0 Å². The third-order valence-electron chi connectivity index (χ3n) is 3.53. The number of benzene rings is 1. The van der Waals surface area contributed by atoms with Gasteiger partial charge in [-0.3, -0.25) is 9.36 Å². The summed E-state index contributed by atoms with van der Waals surface area (Å²) in [5.74, 6) is 1.49. The van der Waals surface area contributed by atoms with E-state index in [1.807, 2.05) is 0 Å². The number of carbonyl (C=O) groups is 1. The lowest BCUT2D eigenvalue weighted by molar-refractivity contribution is 0.0995. The summed E-state index contributed by atoms with van der Waals surface area (Å²) in [5.41, 5.74) is 0.613. The summed E-state index contributed by atoms with van der Waals surface area (Å²) < 4.78 is 13.2. The Hall–Kier alpha value is -3.46. The van der Waals surface area contributed by atoms with Crippen LogP contribution in [0.5, 0.6) is 11.6 Å². The molecule has 0 fully saturated rings. The second-order valence-electron chi connectivity index (χ2n) is 5.37. The highest BCUT2D eigenvalue weighted by molar-refractivity contribution is 9.10. The molecule has 8 nitrogen and oxygen atoms in total. The molecule has 3 aromatic heterocycles. The number of hydrogen-bond acceptors (Lipinski definition) is 6. The third-order valence-corrected chi connectivity index (χ3v) is 3.95. The minimum atomic E-state index is -0.338. The van der Waals surface area contributed by atoms with Gasteiger partial charge in [-0.1, -0.05) is 0 Å². The number of imidazole rings is 1. The van der Waals surface area contributed by atoms with Gasteiger partial charge >= 0.3 is 0 Å². The summed E-state index contributed by atoms with van der Waals surface area (Å²) in [7, 11) is 0. The summed E-state index contributed by atoms with van der Waals surface area (Å²) in [4.78, 5) is 24.3. The number of ether oxygens (including phenoxy) is 1. The molecule has 0 unspecified atom stereocenters. The van der Waals surface area contributed by atoms with Crippen molar-refractivity contribution in [3.8, 4) is 17.4 Å². The highest BCUT2D eigenvalue weighted by atomic mass is 79.9. The molecule has 4 aromatic rings. The molecule has 3 heterocycles. The number of nitrogens with one attached hydrogen (secondary N) is 1. The molecular weight excluding hydrogens is 414 g/mol. The van der Waals surface area contributed by atoms with Gasteiger partial charge in [0, 0.05) is 24.1 Å². The van der Waals surface area contributed by atoms with E-state index >= 15 is 0 Å². The molecule has 0 aliphatic rings. The van der Waals surface area contributed by atoms with E-state index in [0.717, 1.165) is 0 Å². The second kappa shape index (κ2) is 7.42. The minimum absolute atomic E-state index is 0.218. The Bertz CT molecular complexity index is 1060. The Kier molecular flexibility index (Phi) is 4.67. The predicted octanol–water partition coefficient (Wildman–Crippen LogP) is 4.06. The Morgan fingerprint density at radius 1 is 1.15 bits per heavy atom. The fourth-order valence-electron chi connectivity index (χ4n) is 2.28. The number of halogens is 1. The Labute approximate surface area is 162 Å². The number of carbonyl (C=O) groups excluding carboxylic acids is 1. The van der Waals surface area contributed by atoms with Crippen LogP contribution in [0.4, 0.5) is 5.69 Å². The number of furan rings is 1. The molecule has 0 spiro atoms. The van der Waals surface area contributed by atoms with E-state index < -0.39 is 0 Å². The first-order valence-corrected chi connectivity index (χ1v) is 8.62. The van der Waals surface area contributed by atoms with Gasteiger partial charge in [0.15, 0.2) is 10.4 Å². The van der Waals surface area contributed by atoms with Crippen LogP contribution in [0.3, 0.4) is 0 Å². The van der Waals surface area contributed by atoms with Crippen LogP contribution in [0, 0.1) is 0 Å². The van der Waals surface area contributed by atoms with Gasteiger partial charge in [-0.25, -0.2) is 15.0 Å². The van der Waals surface area contributed by atoms with Crippen molar-refractivity contribution in [3.05, 3.63) is 77.9 Å². The van der Waals surface area contributed by atoms with Crippen molar-refractivity contribution in [2.24, 2.45) is 0 Å². The fourth-order valence-corrected chi connectivity index (χ4v) is 2.58. The zero-order valence-electron chi connectivity index (χ0n) is 13.7. The molecule has 0 saturated carbocycles. The molecule has 27 heavy (non-hydrogen) atoms. The van der Waals surface area contributed by atoms with Crippen molar-refractivity contribution in [1.82, 2.24) is 19.5 Å². The van der Waals surface area contributed by atoms with Gasteiger partial charge in [0.05, 0.1) is 0 Å². The standard InChI is InChI=1S/C18H12BrN5O3/c19-15-6-5-14(27-15)18(25)23-12-1-3-13(4-2-12)26-17-9-16(21-10-22-17)24-8-7-20-11-24/h1-11H,(H,23,25). The van der Waals surface area contributed by atoms with Gasteiger partial charge in [-0.05, 0) is 52.3 Å². The van der Waals surface area contributed by atoms with Crippen molar-refractivity contribution < 1.29 is 13.9 Å². The van der Waals surface area contributed by atoms with Gasteiger partial charge in [0.25, 0.3) is 5.91 Å². The first-order chi connectivity index (χ1) is 13.2. The Morgan fingerprint density at radius 2 is 2.00 bits per heavy atom. The number of nitrogens with zero attached hydrogens (tertiary/aromatic N) is 4. The van der Waals surface area contributed by atoms with Crippen LogP contribution in [0.2, 0.25) is 0 Å². The van der Waals surface area contributed by atoms with Crippen LogP contribution in [-0.4, -0.2) is 25.4 Å². The van der Waals surface area contributed by atoms with E-state index in [2.05, 4.69) is 36.2 Å². The molecular formula is C18H12BrN5O3. The van der Waals surface area contributed by atoms with Crippen molar-refractivity contribution in [2.75, 3.05) is 5.32 Å². The molecule has 0 atom stereocenters. The zero-order chi connectivity index (χ0) is 18.6. The van der Waals surface area contributed by atoms with Crippen molar-refractivity contribution in [2.45, 2.75) is 0 Å². The lowest BCUT2D eigenvalue weighted by Crippen LogP contribution is -2.10. The lowest BCUT2D eigenvalue weighted by atomic mass is 10.3. The van der Waals surface area contributed by atoms with E-state index in [4.69, 9.17) is 9.15 Å².